The van der Waals surface area contributed by atoms with Gasteiger partial charge >= 0.3 is 18.3 Å². The van der Waals surface area contributed by atoms with Crippen LogP contribution in [-0.2, 0) is 68.9 Å². The van der Waals surface area contributed by atoms with Crippen LogP contribution in [0, 0.1) is 11.8 Å². The second kappa shape index (κ2) is 33.9. The second-order valence-electron chi connectivity index (χ2n) is 39.2. The van der Waals surface area contributed by atoms with Crippen LogP contribution >= 0.6 is 0 Å². The zero-order chi connectivity index (χ0) is 81.1. The molecule has 2 fully saturated rings. The van der Waals surface area contributed by atoms with Crippen molar-refractivity contribution in [1.29, 1.82) is 0 Å². The first-order valence-corrected chi connectivity index (χ1v) is 52.2. The molecule has 2 aromatic carbocycles. The fourth-order valence-electron chi connectivity index (χ4n) is 11.0. The van der Waals surface area contributed by atoms with Crippen LogP contribution in [-0.4, -0.2) is 183 Å². The van der Waals surface area contributed by atoms with Crippen molar-refractivity contribution in [1.82, 2.24) is 30.7 Å². The molecule has 10 atom stereocenters. The van der Waals surface area contributed by atoms with Gasteiger partial charge in [-0.05, 0) is 175 Å². The lowest BCUT2D eigenvalue weighted by molar-refractivity contribution is -0.149. The third kappa shape index (κ3) is 24.6. The standard InChI is InChI=1S/C78H138N6O16Si5/c1-50(2)59(81-69(90)93-49-54-39-37-36-38-40-54)66(87)82-48-56(98-103(30,31)76(17,18)19)46-57(82)64(85)80-61(58(99-104(32,33)77(20,21)22)45-53-41-43-55(44-42-53)97-102(28,29)75(14,15)16)65(86)79-60(52(4)96-101(26,27)74(11,12)13)67(88)83-47-51(3)63(100-105(34,35)78(23,24)25)62(83)68(89)84(70(91)94-72(5,6)7)71(92)95-73(8,9)10/h36-44,50-52,56-63H,45-49H2,1-35H3,(H,79,86)(H,80,85)(H,81,90)/t51-,52?,56+,57-,58+,59-,60-,61-,62-,63-/m0/s1. The largest absolute Gasteiger partial charge is 0.544 e. The van der Waals surface area contributed by atoms with E-state index >= 15 is 24.0 Å². The number of nitrogens with one attached hydrogen (secondary N) is 3. The highest BCUT2D eigenvalue weighted by Gasteiger charge is 2.57. The Kier molecular flexibility index (Phi) is 29.8. The summed E-state index contributed by atoms with van der Waals surface area (Å²) >= 11 is 0. The molecule has 2 heterocycles. The number of nitrogens with zero attached hydrogens (tertiary/aromatic N) is 3. The van der Waals surface area contributed by atoms with Gasteiger partial charge in [0, 0.05) is 25.4 Å². The fraction of sp³-hybridized carbons (Fsp3) is 0.744. The summed E-state index contributed by atoms with van der Waals surface area (Å²) in [5.41, 5.74) is -0.958. The van der Waals surface area contributed by atoms with Gasteiger partial charge in [0.05, 0.1) is 24.4 Å². The molecule has 4 rings (SSSR count). The van der Waals surface area contributed by atoms with Gasteiger partial charge in [0.1, 0.15) is 53.8 Å². The topological polar surface area (TPSA) is 256 Å². The lowest BCUT2D eigenvalue weighted by atomic mass is 9.99. The predicted molar refractivity (Wildman–Crippen MR) is 428 cm³/mol. The molecule has 1 unspecified atom stereocenters. The van der Waals surface area contributed by atoms with Crippen molar-refractivity contribution in [2.45, 2.75) is 349 Å². The number of carbonyl (C=O) groups excluding carboxylic acids is 8. The number of alkyl carbamates (subject to hydrolysis) is 1. The maximum Gasteiger partial charge on any atom is 0.426 e. The minimum absolute atomic E-state index is 0.00786. The summed E-state index contributed by atoms with van der Waals surface area (Å²) in [4.78, 5) is 127. The average Bonchev–Trinajstić information content (AvgIpc) is 1.60. The fourth-order valence-corrected chi connectivity index (χ4v) is 17.5. The van der Waals surface area contributed by atoms with Crippen LogP contribution in [0.1, 0.15) is 191 Å². The summed E-state index contributed by atoms with van der Waals surface area (Å²) in [6.07, 6.45) is -7.60. The van der Waals surface area contributed by atoms with E-state index in [2.05, 4.69) is 104 Å². The van der Waals surface area contributed by atoms with Crippen molar-refractivity contribution < 1.29 is 74.7 Å². The van der Waals surface area contributed by atoms with E-state index in [-0.39, 0.29) is 42.6 Å². The molecular formula is C78H138N6O16Si5. The van der Waals surface area contributed by atoms with Crippen molar-refractivity contribution >= 4 is 89.4 Å². The molecule has 27 heteroatoms. The van der Waals surface area contributed by atoms with Crippen LogP contribution in [0.4, 0.5) is 14.4 Å². The van der Waals surface area contributed by atoms with Crippen molar-refractivity contribution in [2.75, 3.05) is 13.1 Å². The predicted octanol–water partition coefficient (Wildman–Crippen LogP) is 16.3. The number of rotatable bonds is 25. The van der Waals surface area contributed by atoms with Gasteiger partial charge in [-0.1, -0.05) is 167 Å². The third-order valence-corrected chi connectivity index (χ3v) is 44.9. The molecule has 0 aromatic heterocycles. The number of benzene rings is 2. The van der Waals surface area contributed by atoms with Gasteiger partial charge in [-0.15, -0.1) is 4.90 Å². The smallest absolute Gasteiger partial charge is 0.426 e. The summed E-state index contributed by atoms with van der Waals surface area (Å²) < 4.78 is 52.9. The van der Waals surface area contributed by atoms with Crippen LogP contribution in [0.15, 0.2) is 54.6 Å². The van der Waals surface area contributed by atoms with Gasteiger partial charge < -0.3 is 62.1 Å². The van der Waals surface area contributed by atoms with Crippen molar-refractivity contribution in [3.63, 3.8) is 0 Å². The number of carbonyl (C=O) groups is 8. The molecule has 105 heavy (non-hydrogen) atoms. The molecule has 0 saturated carbocycles. The quantitative estimate of drug-likeness (QED) is 0.0617. The molecule has 2 aliphatic heterocycles. The zero-order valence-electron chi connectivity index (χ0n) is 71.0. The molecule has 596 valence electrons. The minimum atomic E-state index is -3.03. The Labute approximate surface area is 636 Å². The van der Waals surface area contributed by atoms with E-state index in [1.54, 1.807) is 62.3 Å². The third-order valence-electron chi connectivity index (χ3n) is 22.4. The highest BCUT2D eigenvalue weighted by atomic mass is 28.4. The minimum Gasteiger partial charge on any atom is -0.544 e. The SMILES string of the molecule is CC(C)[C@H](NC(=O)OCc1ccccc1)C(=O)N1C[C@H](O[Si](C)(C)C(C)(C)C)C[C@H]1C(=O)N[C@H](C(=O)N[C@H](C(=O)N1C[C@H](C)[C@H](O[Si](C)(C)C(C)(C)C)[C@H]1C(=O)N(C(=O)OC(C)(C)C)C(=O)OC(C)(C)C)C(C)O[Si](C)(C)C(C)(C)C)[C@@H](Cc1ccc(O[Si](C)(C)C(C)(C)C)cc1)O[Si](C)(C)C(C)(C)C. The van der Waals surface area contributed by atoms with Crippen LogP contribution in [0.3, 0.4) is 0 Å². The van der Waals surface area contributed by atoms with Gasteiger partial charge in [-0.2, -0.15) is 0 Å². The molecule has 2 saturated heterocycles. The number of likely N-dealkylation sites (tertiary alicyclic amines) is 2. The highest BCUT2D eigenvalue weighted by Crippen LogP contribution is 2.45. The van der Waals surface area contributed by atoms with Crippen molar-refractivity contribution in [2.24, 2.45) is 11.8 Å². The molecular weight excluding hydrogens is 1420 g/mol. The van der Waals surface area contributed by atoms with E-state index in [0.717, 1.165) is 11.1 Å². The van der Waals surface area contributed by atoms with Gasteiger partial charge in [-0.3, -0.25) is 24.0 Å². The average molecular weight is 1560 g/mol. The molecule has 0 radical (unpaired) electrons. The summed E-state index contributed by atoms with van der Waals surface area (Å²) in [5.74, 6) is -4.60. The molecule has 2 aliphatic rings. The van der Waals surface area contributed by atoms with Crippen LogP contribution < -0.4 is 20.4 Å². The number of imide groups is 3. The lowest BCUT2D eigenvalue weighted by Gasteiger charge is -2.43. The number of ether oxygens (including phenoxy) is 3. The first-order valence-electron chi connectivity index (χ1n) is 37.6. The maximum atomic E-state index is 16.8. The number of amides is 8. The Morgan fingerprint density at radius 2 is 0.971 bits per heavy atom. The Morgan fingerprint density at radius 3 is 1.43 bits per heavy atom. The summed E-state index contributed by atoms with van der Waals surface area (Å²) in [5, 5.41) is 7.38. The van der Waals surface area contributed by atoms with Gasteiger partial charge in [0.15, 0.2) is 33.3 Å². The number of hydrogen-bond acceptors (Lipinski definition) is 16. The molecule has 8 amide bonds. The highest BCUT2D eigenvalue weighted by molar-refractivity contribution is 6.76. The Bertz CT molecular complexity index is 3310. The molecule has 0 bridgehead atoms. The van der Waals surface area contributed by atoms with Gasteiger partial charge in [0.25, 0.3) is 5.91 Å². The van der Waals surface area contributed by atoms with Crippen LogP contribution in [0.5, 0.6) is 5.75 Å². The second-order valence-corrected chi connectivity index (χ2v) is 63.0. The summed E-state index contributed by atoms with van der Waals surface area (Å²) in [6.45, 7) is 68.3. The normalized spacial score (nSPS) is 19.9. The van der Waals surface area contributed by atoms with E-state index in [1.165, 1.54) is 9.80 Å². The van der Waals surface area contributed by atoms with Crippen LogP contribution in [0.2, 0.25) is 90.7 Å². The molecule has 2 aromatic rings. The molecule has 3 N–H and O–H groups in total. The van der Waals surface area contributed by atoms with E-state index in [4.69, 9.17) is 36.3 Å². The Morgan fingerprint density at radius 1 is 0.514 bits per heavy atom. The Hall–Kier alpha value is -5.28. The first kappa shape index (κ1) is 92.1. The maximum absolute atomic E-state index is 16.8. The van der Waals surface area contributed by atoms with Crippen LogP contribution in [0.25, 0.3) is 0 Å². The monoisotopic (exact) mass is 1550 g/mol. The van der Waals surface area contributed by atoms with E-state index in [1.807, 2.05) is 142 Å². The molecule has 22 nitrogen and oxygen atoms in total. The van der Waals surface area contributed by atoms with E-state index in [0.29, 0.717) is 10.6 Å². The van der Waals surface area contributed by atoms with E-state index in [9.17, 15) is 14.4 Å². The van der Waals surface area contributed by atoms with Gasteiger partial charge in [0.2, 0.25) is 31.9 Å². The molecule has 0 aliphatic carbocycles. The molecule has 0 spiro atoms. The summed E-state index contributed by atoms with van der Waals surface area (Å²) in [6, 6.07) is 9.27. The first-order chi connectivity index (χ1) is 47.2. The van der Waals surface area contributed by atoms with Crippen molar-refractivity contribution in [3.8, 4) is 5.75 Å². The summed E-state index contributed by atoms with van der Waals surface area (Å²) in [7, 11) is -13.8. The number of hydrogen-bond donors (Lipinski definition) is 3. The lowest BCUT2D eigenvalue weighted by Crippen LogP contribution is -2.66. The van der Waals surface area contributed by atoms with Gasteiger partial charge in [-0.25, -0.2) is 14.4 Å². The van der Waals surface area contributed by atoms with E-state index < -0.39 is 182 Å². The van der Waals surface area contributed by atoms with Crippen molar-refractivity contribution in [3.05, 3.63) is 65.7 Å². The Balaban J connectivity index is 2.14. The zero-order valence-corrected chi connectivity index (χ0v) is 76.0.